The number of benzene rings is 1. The van der Waals surface area contributed by atoms with Crippen molar-refractivity contribution >= 4 is 35.1 Å². The molecule has 0 spiro atoms. The van der Waals surface area contributed by atoms with E-state index in [1.807, 2.05) is 0 Å². The van der Waals surface area contributed by atoms with E-state index < -0.39 is 17.9 Å². The van der Waals surface area contributed by atoms with E-state index in [0.29, 0.717) is 5.69 Å². The molecule has 1 fully saturated rings. The normalized spacial score (nSPS) is 18.7. The van der Waals surface area contributed by atoms with Crippen molar-refractivity contribution in [3.8, 4) is 0 Å². The summed E-state index contributed by atoms with van der Waals surface area (Å²) in [5.41, 5.74) is 0.343. The molecule has 0 aliphatic carbocycles. The second kappa shape index (κ2) is 4.89. The summed E-state index contributed by atoms with van der Waals surface area (Å²) >= 11 is 5.81. The molecule has 7 heteroatoms. The van der Waals surface area contributed by atoms with Gasteiger partial charge in [0.15, 0.2) is 0 Å². The van der Waals surface area contributed by atoms with Crippen LogP contribution in [0.25, 0.3) is 0 Å². The zero-order valence-electron chi connectivity index (χ0n) is 9.67. The highest BCUT2D eigenvalue weighted by Crippen LogP contribution is 2.29. The lowest BCUT2D eigenvalue weighted by Crippen LogP contribution is -2.25. The van der Waals surface area contributed by atoms with Gasteiger partial charge in [0.25, 0.3) is 0 Å². The third-order valence-corrected chi connectivity index (χ3v) is 3.28. The van der Waals surface area contributed by atoms with Crippen molar-refractivity contribution in [1.82, 2.24) is 0 Å². The standard InChI is InChI=1S/C12H10ClNO5/c13-9-4-7(1-2-8(9)12(18)19)14-5-6(11(16)17)3-10(14)15/h1-2,4,6H,3,5H2,(H,16,17)(H,18,19)/t6-/m1/s1. The smallest absolute Gasteiger partial charge is 0.337 e. The molecule has 0 bridgehead atoms. The minimum absolute atomic E-state index is 0.0107. The van der Waals surface area contributed by atoms with Crippen LogP contribution in [0.3, 0.4) is 0 Å². The maximum absolute atomic E-state index is 11.7. The van der Waals surface area contributed by atoms with Gasteiger partial charge in [0, 0.05) is 18.7 Å². The van der Waals surface area contributed by atoms with Crippen molar-refractivity contribution < 1.29 is 24.6 Å². The van der Waals surface area contributed by atoms with Crippen LogP contribution in [0.1, 0.15) is 16.8 Å². The molecule has 1 aliphatic heterocycles. The Morgan fingerprint density at radius 1 is 1.32 bits per heavy atom. The highest BCUT2D eigenvalue weighted by molar-refractivity contribution is 6.33. The van der Waals surface area contributed by atoms with E-state index in [4.69, 9.17) is 21.8 Å². The van der Waals surface area contributed by atoms with E-state index in [1.54, 1.807) is 0 Å². The number of carbonyl (C=O) groups is 3. The highest BCUT2D eigenvalue weighted by Gasteiger charge is 2.35. The maximum Gasteiger partial charge on any atom is 0.337 e. The third kappa shape index (κ3) is 2.53. The molecule has 19 heavy (non-hydrogen) atoms. The number of carbonyl (C=O) groups excluding carboxylic acids is 1. The molecule has 1 atom stereocenters. The molecule has 1 amide bonds. The van der Waals surface area contributed by atoms with Crippen molar-refractivity contribution in [3.63, 3.8) is 0 Å². The Morgan fingerprint density at radius 2 is 2.00 bits per heavy atom. The summed E-state index contributed by atoms with van der Waals surface area (Å²) in [4.78, 5) is 34.7. The number of nitrogens with zero attached hydrogens (tertiary/aromatic N) is 1. The van der Waals surface area contributed by atoms with Gasteiger partial charge in [-0.25, -0.2) is 4.79 Å². The fourth-order valence-corrected chi connectivity index (χ4v) is 2.22. The molecule has 100 valence electrons. The van der Waals surface area contributed by atoms with Crippen LogP contribution in [0.4, 0.5) is 5.69 Å². The number of aromatic carboxylic acids is 1. The summed E-state index contributed by atoms with van der Waals surface area (Å²) in [6, 6.07) is 4.09. The van der Waals surface area contributed by atoms with E-state index >= 15 is 0 Å². The number of rotatable bonds is 3. The molecule has 0 aromatic heterocycles. The first kappa shape index (κ1) is 13.4. The van der Waals surface area contributed by atoms with Crippen molar-refractivity contribution in [3.05, 3.63) is 28.8 Å². The second-order valence-electron chi connectivity index (χ2n) is 4.21. The number of hydrogen-bond donors (Lipinski definition) is 2. The molecule has 6 nitrogen and oxygen atoms in total. The van der Waals surface area contributed by atoms with Gasteiger partial charge in [-0.15, -0.1) is 0 Å². The first-order valence-corrected chi connectivity index (χ1v) is 5.84. The zero-order chi connectivity index (χ0) is 14.2. The lowest BCUT2D eigenvalue weighted by molar-refractivity contribution is -0.141. The van der Waals surface area contributed by atoms with Crippen LogP contribution in [-0.2, 0) is 9.59 Å². The van der Waals surface area contributed by atoms with Gasteiger partial charge in [-0.2, -0.15) is 0 Å². The fourth-order valence-electron chi connectivity index (χ4n) is 1.97. The van der Waals surface area contributed by atoms with Crippen LogP contribution < -0.4 is 4.90 Å². The molecule has 0 unspecified atom stereocenters. The quantitative estimate of drug-likeness (QED) is 0.876. The van der Waals surface area contributed by atoms with Crippen LogP contribution in [-0.4, -0.2) is 34.6 Å². The van der Waals surface area contributed by atoms with Crippen LogP contribution >= 0.6 is 11.6 Å². The predicted octanol–water partition coefficient (Wildman–Crippen LogP) is 1.48. The van der Waals surface area contributed by atoms with Crippen LogP contribution in [0.2, 0.25) is 5.02 Å². The van der Waals surface area contributed by atoms with E-state index in [-0.39, 0.29) is 29.5 Å². The van der Waals surface area contributed by atoms with Gasteiger partial charge in [-0.05, 0) is 18.2 Å². The summed E-state index contributed by atoms with van der Waals surface area (Å²) in [6.45, 7) is 0.0664. The summed E-state index contributed by atoms with van der Waals surface area (Å²) in [6.07, 6.45) is -0.0619. The molecule has 1 aliphatic rings. The number of hydrogen-bond acceptors (Lipinski definition) is 3. The zero-order valence-corrected chi connectivity index (χ0v) is 10.4. The van der Waals surface area contributed by atoms with Gasteiger partial charge >= 0.3 is 11.9 Å². The Hall–Kier alpha value is -2.08. The average molecular weight is 284 g/mol. The van der Waals surface area contributed by atoms with E-state index in [0.717, 1.165) is 0 Å². The van der Waals surface area contributed by atoms with Gasteiger partial charge in [0.1, 0.15) is 0 Å². The number of aliphatic carboxylic acids is 1. The number of halogens is 1. The molecule has 0 saturated carbocycles. The van der Waals surface area contributed by atoms with Gasteiger partial charge in [0.2, 0.25) is 5.91 Å². The molecule has 0 radical (unpaired) electrons. The van der Waals surface area contributed by atoms with Gasteiger partial charge < -0.3 is 15.1 Å². The first-order valence-electron chi connectivity index (χ1n) is 5.46. The summed E-state index contributed by atoms with van der Waals surface area (Å²) in [7, 11) is 0. The number of carboxylic acid groups (broad SMARTS) is 2. The summed E-state index contributed by atoms with van der Waals surface area (Å²) in [5.74, 6) is -3.24. The number of carboxylic acids is 2. The molecule has 1 aromatic carbocycles. The van der Waals surface area contributed by atoms with Crippen molar-refractivity contribution in [2.24, 2.45) is 5.92 Å². The van der Waals surface area contributed by atoms with Crippen LogP contribution in [0, 0.1) is 5.92 Å². The topological polar surface area (TPSA) is 94.9 Å². The Balaban J connectivity index is 2.28. The van der Waals surface area contributed by atoms with E-state index in [1.165, 1.54) is 23.1 Å². The van der Waals surface area contributed by atoms with Gasteiger partial charge in [0.05, 0.1) is 16.5 Å². The van der Waals surface area contributed by atoms with Crippen molar-refractivity contribution in [1.29, 1.82) is 0 Å². The van der Waals surface area contributed by atoms with E-state index in [9.17, 15) is 14.4 Å². The lowest BCUT2D eigenvalue weighted by Gasteiger charge is -2.16. The molecular weight excluding hydrogens is 274 g/mol. The Morgan fingerprint density at radius 3 is 2.47 bits per heavy atom. The monoisotopic (exact) mass is 283 g/mol. The SMILES string of the molecule is O=C(O)c1ccc(N2C[C@H](C(=O)O)CC2=O)cc1Cl. The molecule has 1 heterocycles. The van der Waals surface area contributed by atoms with Gasteiger partial charge in [-0.1, -0.05) is 11.6 Å². The highest BCUT2D eigenvalue weighted by atomic mass is 35.5. The second-order valence-corrected chi connectivity index (χ2v) is 4.62. The van der Waals surface area contributed by atoms with Gasteiger partial charge in [-0.3, -0.25) is 9.59 Å². The Labute approximate surface area is 113 Å². The molecule has 1 aromatic rings. The maximum atomic E-state index is 11.7. The van der Waals surface area contributed by atoms with Crippen LogP contribution in [0.5, 0.6) is 0 Å². The third-order valence-electron chi connectivity index (χ3n) is 2.97. The Bertz CT molecular complexity index is 571. The van der Waals surface area contributed by atoms with Crippen LogP contribution in [0.15, 0.2) is 18.2 Å². The Kier molecular flexibility index (Phi) is 3.44. The largest absolute Gasteiger partial charge is 0.481 e. The van der Waals surface area contributed by atoms with E-state index in [2.05, 4.69) is 0 Å². The first-order chi connectivity index (χ1) is 8.90. The van der Waals surface area contributed by atoms with Crippen molar-refractivity contribution in [2.75, 3.05) is 11.4 Å². The molecular formula is C12H10ClNO5. The summed E-state index contributed by atoms with van der Waals surface area (Å²) < 4.78 is 0. The number of anilines is 1. The molecule has 2 rings (SSSR count). The predicted molar refractivity (Wildman–Crippen MR) is 66.5 cm³/mol. The van der Waals surface area contributed by atoms with Crippen molar-refractivity contribution in [2.45, 2.75) is 6.42 Å². The minimum Gasteiger partial charge on any atom is -0.481 e. The average Bonchev–Trinajstić information content (AvgIpc) is 2.71. The molecule has 1 saturated heterocycles. The fraction of sp³-hybridized carbons (Fsp3) is 0.250. The summed E-state index contributed by atoms with van der Waals surface area (Å²) in [5, 5.41) is 17.7. The minimum atomic E-state index is -1.16. The number of amides is 1. The molecule has 2 N–H and O–H groups in total. The lowest BCUT2D eigenvalue weighted by atomic mass is 10.1.